The maximum atomic E-state index is 12.9. The zero-order chi connectivity index (χ0) is 20.3. The lowest BCUT2D eigenvalue weighted by molar-refractivity contribution is -0.136. The van der Waals surface area contributed by atoms with Gasteiger partial charge >= 0.3 is 6.03 Å². The fraction of sp³-hybridized carbons (Fsp3) is 0.571. The average Bonchev–Trinajstić information content (AvgIpc) is 2.92. The summed E-state index contributed by atoms with van der Waals surface area (Å²) in [5.41, 5.74) is 0.0158. The first-order valence-corrected chi connectivity index (χ1v) is 9.96. The van der Waals surface area contributed by atoms with Crippen LogP contribution in [0.15, 0.2) is 24.3 Å². The van der Waals surface area contributed by atoms with Crippen molar-refractivity contribution < 1.29 is 19.1 Å². The van der Waals surface area contributed by atoms with Crippen molar-refractivity contribution in [1.29, 1.82) is 0 Å². The number of rotatable bonds is 6. The number of amides is 4. The number of methoxy groups -OCH3 is 1. The molecular weight excluding hydrogens is 358 g/mol. The number of hydrogen-bond donors (Lipinski definition) is 2. The first-order chi connectivity index (χ1) is 13.4. The van der Waals surface area contributed by atoms with Crippen LogP contribution < -0.4 is 15.4 Å². The van der Waals surface area contributed by atoms with E-state index in [1.165, 1.54) is 0 Å². The SMILES string of the molecule is CCC1CCC2(CC1)NC(=O)N(CC(=O)NC(C)c1ccccc1OC)C2=O. The third kappa shape index (κ3) is 3.84. The summed E-state index contributed by atoms with van der Waals surface area (Å²) < 4.78 is 5.33. The minimum Gasteiger partial charge on any atom is -0.496 e. The maximum Gasteiger partial charge on any atom is 0.325 e. The molecule has 0 radical (unpaired) electrons. The molecule has 1 aromatic carbocycles. The molecule has 1 saturated carbocycles. The van der Waals surface area contributed by atoms with Gasteiger partial charge in [0.25, 0.3) is 5.91 Å². The molecule has 0 aromatic heterocycles. The predicted octanol–water partition coefficient (Wildman–Crippen LogP) is 2.76. The van der Waals surface area contributed by atoms with Crippen LogP contribution in [0.1, 0.15) is 57.6 Å². The highest BCUT2D eigenvalue weighted by Gasteiger charge is 2.52. The lowest BCUT2D eigenvalue weighted by atomic mass is 9.75. The number of urea groups is 1. The number of nitrogens with one attached hydrogen (secondary N) is 2. The summed E-state index contributed by atoms with van der Waals surface area (Å²) in [5.74, 6) is 0.639. The molecule has 3 rings (SSSR count). The largest absolute Gasteiger partial charge is 0.496 e. The Labute approximate surface area is 165 Å². The van der Waals surface area contributed by atoms with E-state index in [4.69, 9.17) is 4.74 Å². The fourth-order valence-electron chi connectivity index (χ4n) is 4.27. The van der Waals surface area contributed by atoms with Gasteiger partial charge in [-0.05, 0) is 44.6 Å². The Bertz CT molecular complexity index is 756. The standard InChI is InChI=1S/C21H29N3O4/c1-4-15-9-11-21(12-10-15)19(26)24(20(27)23-21)13-18(25)22-14(2)16-7-5-6-8-17(16)28-3/h5-8,14-15H,4,9-13H2,1-3H3,(H,22,25)(H,23,27). The van der Waals surface area contributed by atoms with Crippen molar-refractivity contribution in [3.63, 3.8) is 0 Å². The normalized spacial score (nSPS) is 25.5. The first-order valence-electron chi connectivity index (χ1n) is 9.96. The molecule has 2 N–H and O–H groups in total. The molecule has 28 heavy (non-hydrogen) atoms. The van der Waals surface area contributed by atoms with Crippen LogP contribution >= 0.6 is 0 Å². The second kappa shape index (κ2) is 8.20. The Morgan fingerprint density at radius 3 is 2.64 bits per heavy atom. The Hall–Kier alpha value is -2.57. The summed E-state index contributed by atoms with van der Waals surface area (Å²) >= 11 is 0. The molecule has 2 fully saturated rings. The monoisotopic (exact) mass is 387 g/mol. The minimum atomic E-state index is -0.822. The van der Waals surface area contributed by atoms with Gasteiger partial charge in [0.15, 0.2) is 0 Å². The fourth-order valence-corrected chi connectivity index (χ4v) is 4.27. The second-order valence-corrected chi connectivity index (χ2v) is 7.79. The molecule has 7 heteroatoms. The minimum absolute atomic E-state index is 0.271. The number of nitrogens with zero attached hydrogens (tertiary/aromatic N) is 1. The van der Waals surface area contributed by atoms with Gasteiger partial charge in [-0.25, -0.2) is 4.79 Å². The number of para-hydroxylation sites is 1. The van der Waals surface area contributed by atoms with Crippen LogP contribution in [0.4, 0.5) is 4.79 Å². The molecule has 1 heterocycles. The Kier molecular flexibility index (Phi) is 5.91. The Morgan fingerprint density at radius 2 is 2.00 bits per heavy atom. The van der Waals surface area contributed by atoms with Gasteiger partial charge in [0, 0.05) is 5.56 Å². The van der Waals surface area contributed by atoms with Crippen LogP contribution in [0.3, 0.4) is 0 Å². The molecule has 4 amide bonds. The molecule has 0 bridgehead atoms. The first kappa shape index (κ1) is 20.2. The highest BCUT2D eigenvalue weighted by Crippen LogP contribution is 2.37. The maximum absolute atomic E-state index is 12.9. The third-order valence-corrected chi connectivity index (χ3v) is 6.07. The summed E-state index contributed by atoms with van der Waals surface area (Å²) in [6, 6.07) is 6.65. The number of hydrogen-bond acceptors (Lipinski definition) is 4. The molecule has 1 aliphatic heterocycles. The van der Waals surface area contributed by atoms with Gasteiger partial charge in [0.1, 0.15) is 17.8 Å². The lowest BCUT2D eigenvalue weighted by Gasteiger charge is -2.34. The molecule has 1 unspecified atom stereocenters. The zero-order valence-electron chi connectivity index (χ0n) is 16.8. The van der Waals surface area contributed by atoms with Crippen molar-refractivity contribution in [2.45, 2.75) is 57.5 Å². The molecule has 2 aliphatic rings. The van der Waals surface area contributed by atoms with E-state index >= 15 is 0 Å². The van der Waals surface area contributed by atoms with E-state index in [2.05, 4.69) is 17.6 Å². The lowest BCUT2D eigenvalue weighted by Crippen LogP contribution is -2.50. The molecule has 1 aromatic rings. The average molecular weight is 387 g/mol. The van der Waals surface area contributed by atoms with E-state index in [0.29, 0.717) is 24.5 Å². The van der Waals surface area contributed by atoms with Crippen LogP contribution in [-0.4, -0.2) is 41.9 Å². The molecule has 1 aliphatic carbocycles. The summed E-state index contributed by atoms with van der Waals surface area (Å²) in [6.45, 7) is 3.72. The predicted molar refractivity (Wildman–Crippen MR) is 105 cm³/mol. The van der Waals surface area contributed by atoms with Gasteiger partial charge < -0.3 is 15.4 Å². The highest BCUT2D eigenvalue weighted by molar-refractivity contribution is 6.09. The number of carbonyl (C=O) groups excluding carboxylic acids is 3. The summed E-state index contributed by atoms with van der Waals surface area (Å²) in [6.07, 6.45) is 4.23. The highest BCUT2D eigenvalue weighted by atomic mass is 16.5. The molecule has 1 spiro atoms. The van der Waals surface area contributed by atoms with Crippen molar-refractivity contribution in [2.24, 2.45) is 5.92 Å². The van der Waals surface area contributed by atoms with Crippen LogP contribution in [0.2, 0.25) is 0 Å². The van der Waals surface area contributed by atoms with Crippen LogP contribution in [0.25, 0.3) is 0 Å². The van der Waals surface area contributed by atoms with Gasteiger partial charge in [0.2, 0.25) is 5.91 Å². The van der Waals surface area contributed by atoms with Crippen molar-refractivity contribution >= 4 is 17.8 Å². The number of benzene rings is 1. The molecule has 1 atom stereocenters. The van der Waals surface area contributed by atoms with Crippen molar-refractivity contribution in [1.82, 2.24) is 15.5 Å². The van der Waals surface area contributed by atoms with Gasteiger partial charge in [-0.15, -0.1) is 0 Å². The van der Waals surface area contributed by atoms with Crippen LogP contribution in [-0.2, 0) is 9.59 Å². The molecule has 1 saturated heterocycles. The molecule has 7 nitrogen and oxygen atoms in total. The second-order valence-electron chi connectivity index (χ2n) is 7.79. The van der Waals surface area contributed by atoms with Crippen molar-refractivity contribution in [3.05, 3.63) is 29.8 Å². The summed E-state index contributed by atoms with van der Waals surface area (Å²) in [4.78, 5) is 38.9. The number of ether oxygens (including phenoxy) is 1. The third-order valence-electron chi connectivity index (χ3n) is 6.07. The van der Waals surface area contributed by atoms with Gasteiger partial charge in [-0.3, -0.25) is 14.5 Å². The topological polar surface area (TPSA) is 87.7 Å². The Morgan fingerprint density at radius 1 is 1.32 bits per heavy atom. The van der Waals surface area contributed by atoms with Crippen molar-refractivity contribution in [2.75, 3.05) is 13.7 Å². The molecule has 152 valence electrons. The van der Waals surface area contributed by atoms with Gasteiger partial charge in [0.05, 0.1) is 13.2 Å². The number of imide groups is 1. The van der Waals surface area contributed by atoms with E-state index in [-0.39, 0.29) is 24.4 Å². The van der Waals surface area contributed by atoms with E-state index in [0.717, 1.165) is 29.7 Å². The zero-order valence-corrected chi connectivity index (χ0v) is 16.8. The van der Waals surface area contributed by atoms with E-state index in [9.17, 15) is 14.4 Å². The summed E-state index contributed by atoms with van der Waals surface area (Å²) in [5, 5.41) is 5.71. The molecular formula is C21H29N3O4. The van der Waals surface area contributed by atoms with Crippen molar-refractivity contribution in [3.8, 4) is 5.75 Å². The van der Waals surface area contributed by atoms with Crippen LogP contribution in [0, 0.1) is 5.92 Å². The van der Waals surface area contributed by atoms with E-state index < -0.39 is 11.6 Å². The Balaban J connectivity index is 1.62. The quantitative estimate of drug-likeness (QED) is 0.735. The smallest absolute Gasteiger partial charge is 0.325 e. The van der Waals surface area contributed by atoms with Gasteiger partial charge in [-0.2, -0.15) is 0 Å². The summed E-state index contributed by atoms with van der Waals surface area (Å²) in [7, 11) is 1.58. The van der Waals surface area contributed by atoms with Crippen LogP contribution in [0.5, 0.6) is 5.75 Å². The van der Waals surface area contributed by atoms with E-state index in [1.807, 2.05) is 31.2 Å². The van der Waals surface area contributed by atoms with Gasteiger partial charge in [-0.1, -0.05) is 31.5 Å². The number of carbonyl (C=O) groups is 3. The van der Waals surface area contributed by atoms with E-state index in [1.54, 1.807) is 7.11 Å².